The number of halogens is 1. The fourth-order valence-corrected chi connectivity index (χ4v) is 3.20. The van der Waals surface area contributed by atoms with Crippen molar-refractivity contribution in [2.45, 2.75) is 12.1 Å². The molecule has 0 fully saturated rings. The Bertz CT molecular complexity index is 879. The highest BCUT2D eigenvalue weighted by atomic mass is 35.5. The molecule has 0 aliphatic carbocycles. The summed E-state index contributed by atoms with van der Waals surface area (Å²) in [4.78, 5) is 12.3. The number of aryl methyl sites for hydroxylation is 1. The standard InChI is InChI=1S/C16H16ClN5O2S/c1-11-19-20-16(22(11)21-7-3-4-8-21)25-10-15(23)18-13-9-12(17)5-6-14(13)24-2/h3-9H,10H2,1-2H3,(H,18,23). The normalized spacial score (nSPS) is 10.7. The lowest BCUT2D eigenvalue weighted by molar-refractivity contribution is -0.113. The van der Waals surface area contributed by atoms with Crippen LogP contribution in [-0.4, -0.2) is 38.3 Å². The third-order valence-corrected chi connectivity index (χ3v) is 4.51. The number of thioether (sulfide) groups is 1. The van der Waals surface area contributed by atoms with Gasteiger partial charge in [0.15, 0.2) is 5.82 Å². The molecule has 0 saturated carbocycles. The summed E-state index contributed by atoms with van der Waals surface area (Å²) in [5.74, 6) is 1.27. The van der Waals surface area contributed by atoms with Crippen molar-refractivity contribution in [1.29, 1.82) is 0 Å². The second-order valence-electron chi connectivity index (χ2n) is 5.09. The first kappa shape index (κ1) is 17.4. The van der Waals surface area contributed by atoms with Crippen molar-refractivity contribution < 1.29 is 9.53 Å². The van der Waals surface area contributed by atoms with Crippen LogP contribution in [0.1, 0.15) is 5.82 Å². The van der Waals surface area contributed by atoms with Gasteiger partial charge in [-0.3, -0.25) is 9.47 Å². The fraction of sp³-hybridized carbons (Fsp3) is 0.188. The summed E-state index contributed by atoms with van der Waals surface area (Å²) >= 11 is 7.27. The Morgan fingerprint density at radius 2 is 2.08 bits per heavy atom. The van der Waals surface area contributed by atoms with E-state index in [1.54, 1.807) is 18.2 Å². The molecule has 3 aromatic rings. The van der Waals surface area contributed by atoms with Crippen LogP contribution < -0.4 is 10.1 Å². The van der Waals surface area contributed by atoms with E-state index in [1.807, 2.05) is 40.8 Å². The van der Waals surface area contributed by atoms with Gasteiger partial charge in [-0.25, -0.2) is 4.68 Å². The van der Waals surface area contributed by atoms with Gasteiger partial charge in [0.1, 0.15) is 5.75 Å². The summed E-state index contributed by atoms with van der Waals surface area (Å²) < 4.78 is 8.91. The van der Waals surface area contributed by atoms with Crippen LogP contribution in [0.2, 0.25) is 5.02 Å². The number of benzene rings is 1. The Kier molecular flexibility index (Phi) is 5.30. The van der Waals surface area contributed by atoms with Gasteiger partial charge >= 0.3 is 0 Å². The van der Waals surface area contributed by atoms with E-state index in [4.69, 9.17) is 16.3 Å². The number of methoxy groups -OCH3 is 1. The van der Waals surface area contributed by atoms with Crippen molar-refractivity contribution in [1.82, 2.24) is 19.5 Å². The molecule has 0 atom stereocenters. The summed E-state index contributed by atoms with van der Waals surface area (Å²) in [7, 11) is 1.54. The molecule has 130 valence electrons. The molecule has 1 aromatic carbocycles. The Morgan fingerprint density at radius 1 is 1.32 bits per heavy atom. The molecule has 0 aliphatic rings. The lowest BCUT2D eigenvalue weighted by atomic mass is 10.3. The molecule has 0 unspecified atom stereocenters. The second-order valence-corrected chi connectivity index (χ2v) is 6.47. The third-order valence-electron chi connectivity index (χ3n) is 3.36. The quantitative estimate of drug-likeness (QED) is 0.668. The van der Waals surface area contributed by atoms with Crippen LogP contribution in [0.5, 0.6) is 5.75 Å². The van der Waals surface area contributed by atoms with Gasteiger partial charge < -0.3 is 10.1 Å². The van der Waals surface area contributed by atoms with Gasteiger partial charge in [0.25, 0.3) is 0 Å². The van der Waals surface area contributed by atoms with Crippen molar-refractivity contribution in [3.8, 4) is 5.75 Å². The number of carbonyl (C=O) groups is 1. The predicted octanol–water partition coefficient (Wildman–Crippen LogP) is 3.09. The molecule has 1 amide bonds. The first-order chi connectivity index (χ1) is 12.1. The smallest absolute Gasteiger partial charge is 0.234 e. The van der Waals surface area contributed by atoms with Gasteiger partial charge in [0.2, 0.25) is 11.1 Å². The van der Waals surface area contributed by atoms with Gasteiger partial charge in [-0.05, 0) is 37.3 Å². The largest absolute Gasteiger partial charge is 0.495 e. The number of carbonyl (C=O) groups excluding carboxylic acids is 1. The topological polar surface area (TPSA) is 74.0 Å². The first-order valence-electron chi connectivity index (χ1n) is 7.40. The number of aromatic nitrogens is 4. The van der Waals surface area contributed by atoms with E-state index in [0.717, 1.165) is 5.82 Å². The van der Waals surface area contributed by atoms with Crippen LogP contribution in [0.15, 0.2) is 47.9 Å². The molecule has 0 bridgehead atoms. The van der Waals surface area contributed by atoms with E-state index in [-0.39, 0.29) is 11.7 Å². The molecular weight excluding hydrogens is 362 g/mol. The summed E-state index contributed by atoms with van der Waals surface area (Å²) in [6, 6.07) is 8.87. The maximum Gasteiger partial charge on any atom is 0.234 e. The minimum Gasteiger partial charge on any atom is -0.495 e. The summed E-state index contributed by atoms with van der Waals surface area (Å²) in [5.41, 5.74) is 0.531. The Balaban J connectivity index is 1.69. The van der Waals surface area contributed by atoms with E-state index in [1.165, 1.54) is 18.9 Å². The van der Waals surface area contributed by atoms with E-state index < -0.39 is 0 Å². The van der Waals surface area contributed by atoms with Gasteiger partial charge in [0.05, 0.1) is 18.6 Å². The van der Waals surface area contributed by atoms with Crippen molar-refractivity contribution in [3.63, 3.8) is 0 Å². The molecule has 1 N–H and O–H groups in total. The Morgan fingerprint density at radius 3 is 2.80 bits per heavy atom. The summed E-state index contributed by atoms with van der Waals surface area (Å²) in [6.45, 7) is 1.86. The van der Waals surface area contributed by atoms with Gasteiger partial charge in [-0.15, -0.1) is 10.2 Å². The van der Waals surface area contributed by atoms with E-state index in [9.17, 15) is 4.79 Å². The second kappa shape index (κ2) is 7.62. The number of anilines is 1. The zero-order valence-electron chi connectivity index (χ0n) is 13.6. The lowest BCUT2D eigenvalue weighted by Gasteiger charge is -2.11. The van der Waals surface area contributed by atoms with Crippen LogP contribution in [0.3, 0.4) is 0 Å². The van der Waals surface area contributed by atoms with Crippen molar-refractivity contribution in [3.05, 3.63) is 53.6 Å². The third kappa shape index (κ3) is 3.97. The first-order valence-corrected chi connectivity index (χ1v) is 8.76. The van der Waals surface area contributed by atoms with Gasteiger partial charge in [-0.2, -0.15) is 0 Å². The fourth-order valence-electron chi connectivity index (χ4n) is 2.25. The maximum atomic E-state index is 12.3. The molecule has 0 spiro atoms. The molecule has 3 rings (SSSR count). The number of rotatable bonds is 6. The monoisotopic (exact) mass is 377 g/mol. The van der Waals surface area contributed by atoms with Crippen molar-refractivity contribution in [2.24, 2.45) is 0 Å². The zero-order chi connectivity index (χ0) is 17.8. The number of hydrogen-bond donors (Lipinski definition) is 1. The molecule has 2 aromatic heterocycles. The van der Waals surface area contributed by atoms with Gasteiger partial charge in [-0.1, -0.05) is 23.4 Å². The van der Waals surface area contributed by atoms with Crippen molar-refractivity contribution in [2.75, 3.05) is 18.2 Å². The SMILES string of the molecule is COc1ccc(Cl)cc1NC(=O)CSc1nnc(C)n1-n1cccc1. The van der Waals surface area contributed by atoms with Crippen molar-refractivity contribution >= 4 is 35.0 Å². The number of nitrogens with zero attached hydrogens (tertiary/aromatic N) is 4. The molecule has 0 saturated heterocycles. The highest BCUT2D eigenvalue weighted by Gasteiger charge is 2.14. The van der Waals surface area contributed by atoms with E-state index in [2.05, 4.69) is 15.5 Å². The predicted molar refractivity (Wildman–Crippen MR) is 97.3 cm³/mol. The average Bonchev–Trinajstić information content (AvgIpc) is 3.22. The molecule has 2 heterocycles. The number of nitrogens with one attached hydrogen (secondary N) is 1. The van der Waals surface area contributed by atoms with Crippen LogP contribution in [-0.2, 0) is 4.79 Å². The molecule has 25 heavy (non-hydrogen) atoms. The number of amides is 1. The summed E-state index contributed by atoms with van der Waals surface area (Å²) in [6.07, 6.45) is 3.77. The minimum absolute atomic E-state index is 0.176. The van der Waals surface area contributed by atoms with Gasteiger partial charge in [0, 0.05) is 17.4 Å². The Labute approximate surface area is 153 Å². The zero-order valence-corrected chi connectivity index (χ0v) is 15.2. The van der Waals surface area contributed by atoms with Crippen LogP contribution in [0.4, 0.5) is 5.69 Å². The molecule has 0 aliphatic heterocycles. The molecule has 0 radical (unpaired) electrons. The average molecular weight is 378 g/mol. The van der Waals surface area contributed by atoms with Crippen LogP contribution >= 0.6 is 23.4 Å². The summed E-state index contributed by atoms with van der Waals surface area (Å²) in [5, 5.41) is 12.2. The Hall–Kier alpha value is -2.45. The van der Waals surface area contributed by atoms with E-state index in [0.29, 0.717) is 21.6 Å². The highest BCUT2D eigenvalue weighted by Crippen LogP contribution is 2.28. The number of hydrogen-bond acceptors (Lipinski definition) is 5. The molecule has 9 heteroatoms. The highest BCUT2D eigenvalue weighted by molar-refractivity contribution is 7.99. The van der Waals surface area contributed by atoms with E-state index >= 15 is 0 Å². The number of ether oxygens (including phenoxy) is 1. The lowest BCUT2D eigenvalue weighted by Crippen LogP contribution is -2.16. The molecule has 7 nitrogen and oxygen atoms in total. The van der Waals surface area contributed by atoms with Crippen LogP contribution in [0.25, 0.3) is 0 Å². The molecular formula is C16H16ClN5O2S. The maximum absolute atomic E-state index is 12.3. The minimum atomic E-state index is -0.190. The van der Waals surface area contributed by atoms with Crippen LogP contribution in [0, 0.1) is 6.92 Å².